The maximum atomic E-state index is 10.7. The van der Waals surface area contributed by atoms with E-state index in [9.17, 15) is 5.11 Å². The molecule has 0 bridgehead atoms. The molecule has 0 saturated carbocycles. The fourth-order valence-corrected chi connectivity index (χ4v) is 4.23. The van der Waals surface area contributed by atoms with Crippen molar-refractivity contribution in [2.24, 2.45) is 0 Å². The van der Waals surface area contributed by atoms with Gasteiger partial charge in [0.25, 0.3) is 0 Å². The van der Waals surface area contributed by atoms with E-state index >= 15 is 0 Å². The van der Waals surface area contributed by atoms with Crippen molar-refractivity contribution in [2.75, 3.05) is 12.3 Å². The molecule has 0 unspecified atom stereocenters. The molecular weight excluding hydrogens is 275 g/mol. The van der Waals surface area contributed by atoms with Crippen LogP contribution in [-0.4, -0.2) is 17.4 Å². The minimum absolute atomic E-state index is 0.0265. The second kappa shape index (κ2) is 6.69. The predicted molar refractivity (Wildman–Crippen MR) is 97.2 cm³/mol. The first-order chi connectivity index (χ1) is 9.50. The first-order valence-electron chi connectivity index (χ1n) is 8.09. The van der Waals surface area contributed by atoms with Crippen LogP contribution < -0.4 is 0 Å². The number of hydrogen-bond acceptors (Lipinski definition) is 1. The molecule has 1 aromatic rings. The number of phenols is 1. The third-order valence-corrected chi connectivity index (χ3v) is 6.69. The quantitative estimate of drug-likeness (QED) is 0.675. The number of hydrogen-bond donors (Lipinski definition) is 1. The van der Waals surface area contributed by atoms with E-state index in [0.29, 0.717) is 5.75 Å². The Morgan fingerprint density at radius 1 is 0.857 bits per heavy atom. The van der Waals surface area contributed by atoms with Crippen LogP contribution in [0.2, 0.25) is 0 Å². The van der Waals surface area contributed by atoms with Crippen molar-refractivity contribution in [2.45, 2.75) is 72.4 Å². The molecule has 2 heteroatoms. The maximum Gasteiger partial charge on any atom is 0.123 e. The molecule has 0 aliphatic carbocycles. The van der Waals surface area contributed by atoms with Gasteiger partial charge in [0.2, 0.25) is 0 Å². The van der Waals surface area contributed by atoms with Crippen molar-refractivity contribution in [3.05, 3.63) is 28.8 Å². The molecular formula is C19H33OP. The van der Waals surface area contributed by atoms with E-state index < -0.39 is 0 Å². The van der Waals surface area contributed by atoms with Gasteiger partial charge in [-0.2, -0.15) is 0 Å². The highest BCUT2D eigenvalue weighted by Gasteiger charge is 2.26. The van der Waals surface area contributed by atoms with E-state index in [4.69, 9.17) is 0 Å². The average molecular weight is 308 g/mol. The minimum atomic E-state index is -0.0265. The lowest BCUT2D eigenvalue weighted by Gasteiger charge is -2.29. The van der Waals surface area contributed by atoms with Crippen molar-refractivity contribution in [3.8, 4) is 5.75 Å². The Bertz CT molecular complexity index is 438. The molecule has 0 atom stereocenters. The summed E-state index contributed by atoms with van der Waals surface area (Å²) in [6, 6.07) is 4.48. The summed E-state index contributed by atoms with van der Waals surface area (Å²) in [7, 11) is 0.0797. The van der Waals surface area contributed by atoms with Gasteiger partial charge in [0, 0.05) is 0 Å². The molecule has 21 heavy (non-hydrogen) atoms. The monoisotopic (exact) mass is 308 g/mol. The normalized spacial score (nSPS) is 13.0. The van der Waals surface area contributed by atoms with Crippen molar-refractivity contribution in [3.63, 3.8) is 0 Å². The van der Waals surface area contributed by atoms with Gasteiger partial charge in [-0.3, -0.25) is 0 Å². The summed E-state index contributed by atoms with van der Waals surface area (Å²) >= 11 is 0. The van der Waals surface area contributed by atoms with Gasteiger partial charge >= 0.3 is 0 Å². The minimum Gasteiger partial charge on any atom is -0.507 e. The van der Waals surface area contributed by atoms with Crippen LogP contribution >= 0.6 is 7.92 Å². The summed E-state index contributed by atoms with van der Waals surface area (Å²) in [5, 5.41) is 10.7. The lowest BCUT2D eigenvalue weighted by atomic mass is 9.78. The molecule has 0 spiro atoms. The Balaban J connectivity index is 3.40. The Kier molecular flexibility index (Phi) is 5.90. The highest BCUT2D eigenvalue weighted by molar-refractivity contribution is 7.56. The van der Waals surface area contributed by atoms with Gasteiger partial charge in [-0.05, 0) is 46.0 Å². The van der Waals surface area contributed by atoms with Crippen LogP contribution in [-0.2, 0) is 17.0 Å². The van der Waals surface area contributed by atoms with Crippen LogP contribution in [0.15, 0.2) is 12.1 Å². The number of phenolic OH excluding ortho intramolecular Hbond substituents is 1. The molecule has 1 aromatic carbocycles. The van der Waals surface area contributed by atoms with Gasteiger partial charge in [0.15, 0.2) is 0 Å². The number of aromatic hydroxyl groups is 1. The van der Waals surface area contributed by atoms with Crippen molar-refractivity contribution in [1.82, 2.24) is 0 Å². The molecule has 0 fully saturated rings. The first kappa shape index (κ1) is 18.5. The molecule has 0 saturated heterocycles. The van der Waals surface area contributed by atoms with Crippen LogP contribution in [0.5, 0.6) is 5.75 Å². The Labute approximate surface area is 132 Å². The summed E-state index contributed by atoms with van der Waals surface area (Å²) in [6.45, 7) is 17.7. The van der Waals surface area contributed by atoms with E-state index in [-0.39, 0.29) is 18.8 Å². The standard InChI is InChI=1S/C19H33OP/c1-9-21(10-2)13-14-11-15(18(3,4)5)17(20)16(12-14)19(6,7)8/h11-12,20H,9-10,13H2,1-8H3. The van der Waals surface area contributed by atoms with Crippen LogP contribution in [0.1, 0.15) is 72.1 Å². The maximum absolute atomic E-state index is 10.7. The summed E-state index contributed by atoms with van der Waals surface area (Å²) in [5.41, 5.74) is 3.53. The van der Waals surface area contributed by atoms with E-state index in [1.165, 1.54) is 24.0 Å². The SMILES string of the molecule is CCP(CC)Cc1cc(C(C)(C)C)c(O)c(C(C)(C)C)c1. The summed E-state index contributed by atoms with van der Waals surface area (Å²) in [4.78, 5) is 0. The fourth-order valence-electron chi connectivity index (χ4n) is 2.63. The van der Waals surface area contributed by atoms with Gasteiger partial charge in [-0.25, -0.2) is 0 Å². The molecule has 1 nitrogen and oxygen atoms in total. The van der Waals surface area contributed by atoms with Gasteiger partial charge in [0.1, 0.15) is 5.75 Å². The van der Waals surface area contributed by atoms with E-state index in [1.807, 2.05) is 0 Å². The van der Waals surface area contributed by atoms with Crippen LogP contribution in [0.25, 0.3) is 0 Å². The largest absolute Gasteiger partial charge is 0.507 e. The zero-order chi connectivity index (χ0) is 16.4. The molecule has 0 aromatic heterocycles. The lowest BCUT2D eigenvalue weighted by Crippen LogP contribution is -2.18. The molecule has 1 rings (SSSR count). The molecule has 0 amide bonds. The Hall–Kier alpha value is -0.550. The van der Waals surface area contributed by atoms with Crippen LogP contribution in [0.3, 0.4) is 0 Å². The Morgan fingerprint density at radius 2 is 1.24 bits per heavy atom. The highest BCUT2D eigenvalue weighted by Crippen LogP contribution is 2.44. The molecule has 0 aliphatic heterocycles. The number of benzene rings is 1. The second-order valence-electron chi connectivity index (χ2n) is 8.00. The second-order valence-corrected chi connectivity index (χ2v) is 10.9. The summed E-state index contributed by atoms with van der Waals surface area (Å²) in [5.74, 6) is 0.496. The predicted octanol–water partition coefficient (Wildman–Crippen LogP) is 6.01. The summed E-state index contributed by atoms with van der Waals surface area (Å²) in [6.07, 6.45) is 3.74. The van der Waals surface area contributed by atoms with E-state index in [2.05, 4.69) is 67.5 Å². The van der Waals surface area contributed by atoms with Crippen molar-refractivity contribution in [1.29, 1.82) is 0 Å². The zero-order valence-corrected chi connectivity index (χ0v) is 16.1. The van der Waals surface area contributed by atoms with Gasteiger partial charge < -0.3 is 5.11 Å². The smallest absolute Gasteiger partial charge is 0.123 e. The van der Waals surface area contributed by atoms with Crippen LogP contribution in [0, 0.1) is 0 Å². The Morgan fingerprint density at radius 3 is 1.52 bits per heavy atom. The van der Waals surface area contributed by atoms with Gasteiger partial charge in [-0.15, -0.1) is 7.92 Å². The molecule has 0 aliphatic rings. The highest BCUT2D eigenvalue weighted by atomic mass is 31.1. The third kappa shape index (κ3) is 4.71. The van der Waals surface area contributed by atoms with Gasteiger partial charge in [-0.1, -0.05) is 67.5 Å². The molecule has 1 N–H and O–H groups in total. The van der Waals surface area contributed by atoms with Gasteiger partial charge in [0.05, 0.1) is 0 Å². The van der Waals surface area contributed by atoms with Crippen molar-refractivity contribution < 1.29 is 5.11 Å². The topological polar surface area (TPSA) is 20.2 Å². The first-order valence-corrected chi connectivity index (χ1v) is 9.99. The summed E-state index contributed by atoms with van der Waals surface area (Å²) < 4.78 is 0. The lowest BCUT2D eigenvalue weighted by molar-refractivity contribution is 0.423. The molecule has 0 heterocycles. The van der Waals surface area contributed by atoms with E-state index in [1.54, 1.807) is 0 Å². The van der Waals surface area contributed by atoms with E-state index in [0.717, 1.165) is 11.1 Å². The number of rotatable bonds is 4. The zero-order valence-electron chi connectivity index (χ0n) is 15.2. The van der Waals surface area contributed by atoms with Crippen molar-refractivity contribution >= 4 is 7.92 Å². The fraction of sp³-hybridized carbons (Fsp3) is 0.684. The molecule has 120 valence electrons. The average Bonchev–Trinajstić information content (AvgIpc) is 2.34. The third-order valence-electron chi connectivity index (χ3n) is 4.09. The van der Waals surface area contributed by atoms with Crippen LogP contribution in [0.4, 0.5) is 0 Å². The molecule has 0 radical (unpaired) electrons.